The topological polar surface area (TPSA) is 73.7 Å². The molecule has 0 unspecified atom stereocenters. The van der Waals surface area contributed by atoms with Gasteiger partial charge < -0.3 is 15.7 Å². The first kappa shape index (κ1) is 12.4. The van der Waals surface area contributed by atoms with Crippen molar-refractivity contribution >= 4 is 17.5 Å². The number of rotatable bonds is 5. The van der Waals surface area contributed by atoms with Crippen molar-refractivity contribution < 1.29 is 9.90 Å². The Morgan fingerprint density at radius 2 is 2.28 bits per heavy atom. The normalized spacial score (nSPS) is 14.6. The van der Waals surface area contributed by atoms with Crippen LogP contribution in [0, 0.1) is 0 Å². The lowest BCUT2D eigenvalue weighted by Gasteiger charge is -2.18. The quantitative estimate of drug-likeness (QED) is 0.733. The van der Waals surface area contributed by atoms with Crippen LogP contribution in [0.15, 0.2) is 29.3 Å². The van der Waals surface area contributed by atoms with E-state index in [1.807, 2.05) is 24.3 Å². The molecule has 1 aliphatic rings. The molecule has 0 bridgehead atoms. The number of nitrogens with one attached hydrogen (secondary N) is 2. The van der Waals surface area contributed by atoms with Gasteiger partial charge in [0.1, 0.15) is 5.84 Å². The number of aliphatic imine (C=N–C) groups is 1. The van der Waals surface area contributed by atoms with Crippen molar-refractivity contribution in [3.8, 4) is 0 Å². The van der Waals surface area contributed by atoms with Crippen molar-refractivity contribution in [3.05, 3.63) is 29.8 Å². The van der Waals surface area contributed by atoms with Gasteiger partial charge in [-0.3, -0.25) is 9.79 Å². The third-order valence-electron chi connectivity index (χ3n) is 2.73. The molecule has 0 atom stereocenters. The molecule has 0 aromatic heterocycles. The summed E-state index contributed by atoms with van der Waals surface area (Å²) in [5.41, 5.74) is 1.93. The minimum Gasteiger partial charge on any atom is -0.481 e. The van der Waals surface area contributed by atoms with E-state index in [2.05, 4.69) is 15.6 Å². The summed E-state index contributed by atoms with van der Waals surface area (Å²) in [6, 6.07) is 7.81. The summed E-state index contributed by atoms with van der Waals surface area (Å²) in [5, 5.41) is 15.0. The van der Waals surface area contributed by atoms with Gasteiger partial charge in [0.05, 0.1) is 6.42 Å². The maximum Gasteiger partial charge on any atom is 0.305 e. The summed E-state index contributed by atoms with van der Waals surface area (Å²) in [6.45, 7) is 2.19. The largest absolute Gasteiger partial charge is 0.481 e. The van der Waals surface area contributed by atoms with Crippen LogP contribution in [0.5, 0.6) is 0 Å². The molecule has 96 valence electrons. The predicted molar refractivity (Wildman–Crippen MR) is 71.2 cm³/mol. The summed E-state index contributed by atoms with van der Waals surface area (Å²) in [5.74, 6) is 0.0905. The van der Waals surface area contributed by atoms with E-state index >= 15 is 0 Å². The first-order chi connectivity index (χ1) is 8.77. The number of nitrogens with zero attached hydrogens (tertiary/aromatic N) is 1. The Bertz CT molecular complexity index is 457. The van der Waals surface area contributed by atoms with Crippen molar-refractivity contribution in [2.45, 2.75) is 12.8 Å². The van der Waals surface area contributed by atoms with Gasteiger partial charge in [0, 0.05) is 30.9 Å². The summed E-state index contributed by atoms with van der Waals surface area (Å²) >= 11 is 0. The second-order valence-electron chi connectivity index (χ2n) is 4.13. The number of aliphatic carboxylic acids is 1. The summed E-state index contributed by atoms with van der Waals surface area (Å²) in [6.07, 6.45) is 1.16. The Morgan fingerprint density at radius 3 is 3.00 bits per heavy atom. The summed E-state index contributed by atoms with van der Waals surface area (Å²) in [4.78, 5) is 15.0. The molecule has 0 spiro atoms. The van der Waals surface area contributed by atoms with Crippen molar-refractivity contribution in [1.29, 1.82) is 0 Å². The Balaban J connectivity index is 2.09. The zero-order valence-corrected chi connectivity index (χ0v) is 10.1. The van der Waals surface area contributed by atoms with E-state index in [1.165, 1.54) is 0 Å². The zero-order valence-electron chi connectivity index (χ0n) is 10.1. The average Bonchev–Trinajstić information content (AvgIpc) is 2.40. The van der Waals surface area contributed by atoms with Gasteiger partial charge in [-0.2, -0.15) is 0 Å². The van der Waals surface area contributed by atoms with Crippen LogP contribution in [0.25, 0.3) is 0 Å². The number of carboxylic acids is 1. The molecule has 0 aliphatic carbocycles. The summed E-state index contributed by atoms with van der Waals surface area (Å²) in [7, 11) is 0. The lowest BCUT2D eigenvalue weighted by atomic mass is 10.1. The summed E-state index contributed by atoms with van der Waals surface area (Å²) < 4.78 is 0. The molecule has 0 saturated carbocycles. The van der Waals surface area contributed by atoms with Crippen molar-refractivity contribution in [2.24, 2.45) is 4.99 Å². The molecule has 1 aromatic rings. The van der Waals surface area contributed by atoms with Gasteiger partial charge in [-0.15, -0.1) is 0 Å². The lowest BCUT2D eigenvalue weighted by Crippen LogP contribution is -2.30. The molecule has 18 heavy (non-hydrogen) atoms. The van der Waals surface area contributed by atoms with E-state index in [-0.39, 0.29) is 6.42 Å². The van der Waals surface area contributed by atoms with Gasteiger partial charge in [0.15, 0.2) is 0 Å². The third-order valence-corrected chi connectivity index (χ3v) is 2.73. The highest BCUT2D eigenvalue weighted by Gasteiger charge is 2.11. The minimum atomic E-state index is -0.798. The molecule has 5 nitrogen and oxygen atoms in total. The third kappa shape index (κ3) is 3.23. The van der Waals surface area contributed by atoms with Gasteiger partial charge in [-0.05, 0) is 18.6 Å². The zero-order chi connectivity index (χ0) is 12.8. The second-order valence-corrected chi connectivity index (χ2v) is 4.13. The number of hydrogen-bond acceptors (Lipinski definition) is 4. The lowest BCUT2D eigenvalue weighted by molar-refractivity contribution is -0.136. The standard InChI is InChI=1S/C13H17N3O2/c17-12(18)6-9-14-11-5-2-1-4-10(11)13-15-7-3-8-16-13/h1-2,4-5,14H,3,6-9H2,(H,15,16)(H,17,18). The molecule has 0 fully saturated rings. The molecule has 3 N–H and O–H groups in total. The van der Waals surface area contributed by atoms with Crippen LogP contribution in [0.2, 0.25) is 0 Å². The van der Waals surface area contributed by atoms with Crippen LogP contribution in [0.1, 0.15) is 18.4 Å². The molecule has 5 heteroatoms. The van der Waals surface area contributed by atoms with Crippen molar-refractivity contribution in [1.82, 2.24) is 5.32 Å². The average molecular weight is 247 g/mol. The second kappa shape index (κ2) is 6.05. The predicted octanol–water partition coefficient (Wildman–Crippen LogP) is 1.31. The van der Waals surface area contributed by atoms with E-state index in [4.69, 9.17) is 5.11 Å². The molecule has 1 aromatic carbocycles. The van der Waals surface area contributed by atoms with Gasteiger partial charge >= 0.3 is 5.97 Å². The van der Waals surface area contributed by atoms with E-state index in [0.717, 1.165) is 36.6 Å². The maximum atomic E-state index is 10.5. The van der Waals surface area contributed by atoms with Gasteiger partial charge in [-0.25, -0.2) is 0 Å². The molecule has 0 radical (unpaired) electrons. The molecular weight excluding hydrogens is 230 g/mol. The fraction of sp³-hybridized carbons (Fsp3) is 0.385. The van der Waals surface area contributed by atoms with Crippen LogP contribution in [-0.2, 0) is 4.79 Å². The molecule has 0 saturated heterocycles. The highest BCUT2D eigenvalue weighted by molar-refractivity contribution is 6.03. The number of hydrogen-bond donors (Lipinski definition) is 3. The Kier molecular flexibility index (Phi) is 4.17. The van der Waals surface area contributed by atoms with Crippen LogP contribution < -0.4 is 10.6 Å². The number of carboxylic acid groups (broad SMARTS) is 1. The monoisotopic (exact) mass is 247 g/mol. The highest BCUT2D eigenvalue weighted by Crippen LogP contribution is 2.16. The first-order valence-electron chi connectivity index (χ1n) is 6.11. The number of anilines is 1. The van der Waals surface area contributed by atoms with E-state index in [0.29, 0.717) is 6.54 Å². The number of amidine groups is 1. The fourth-order valence-corrected chi connectivity index (χ4v) is 1.86. The minimum absolute atomic E-state index is 0.105. The van der Waals surface area contributed by atoms with Gasteiger partial charge in [-0.1, -0.05) is 12.1 Å². The fourth-order valence-electron chi connectivity index (χ4n) is 1.86. The van der Waals surface area contributed by atoms with Crippen LogP contribution in [-0.4, -0.2) is 36.5 Å². The Labute approximate surface area is 106 Å². The van der Waals surface area contributed by atoms with Gasteiger partial charge in [0.25, 0.3) is 0 Å². The SMILES string of the molecule is O=C(O)CCNc1ccccc1C1=NCCCN1. The molecular formula is C13H17N3O2. The van der Waals surface area contributed by atoms with E-state index in [1.54, 1.807) is 0 Å². The first-order valence-corrected chi connectivity index (χ1v) is 6.11. The smallest absolute Gasteiger partial charge is 0.305 e. The Hall–Kier alpha value is -2.04. The van der Waals surface area contributed by atoms with Crippen molar-refractivity contribution in [2.75, 3.05) is 25.0 Å². The number of para-hydroxylation sites is 1. The van der Waals surface area contributed by atoms with E-state index < -0.39 is 5.97 Å². The van der Waals surface area contributed by atoms with Crippen LogP contribution in [0.3, 0.4) is 0 Å². The van der Waals surface area contributed by atoms with Gasteiger partial charge in [0.2, 0.25) is 0 Å². The molecule has 2 rings (SSSR count). The highest BCUT2D eigenvalue weighted by atomic mass is 16.4. The number of benzene rings is 1. The number of carbonyl (C=O) groups is 1. The van der Waals surface area contributed by atoms with Crippen LogP contribution in [0.4, 0.5) is 5.69 Å². The molecule has 1 aliphatic heterocycles. The van der Waals surface area contributed by atoms with E-state index in [9.17, 15) is 4.79 Å². The molecule has 0 amide bonds. The van der Waals surface area contributed by atoms with Crippen molar-refractivity contribution in [3.63, 3.8) is 0 Å². The molecule has 1 heterocycles. The maximum absolute atomic E-state index is 10.5. The van der Waals surface area contributed by atoms with Crippen LogP contribution >= 0.6 is 0 Å². The Morgan fingerprint density at radius 1 is 1.44 bits per heavy atom.